The molecule has 13 heavy (non-hydrogen) atoms. The molecule has 0 atom stereocenters. The van der Waals surface area contributed by atoms with Gasteiger partial charge in [0.05, 0.1) is 6.42 Å². The van der Waals surface area contributed by atoms with Crippen LogP contribution in [0.25, 0.3) is 0 Å². The molecule has 0 fully saturated rings. The van der Waals surface area contributed by atoms with E-state index in [-0.39, 0.29) is 5.91 Å². The molecule has 1 aliphatic heterocycles. The molecule has 4 heteroatoms. The summed E-state index contributed by atoms with van der Waals surface area (Å²) in [6.45, 7) is 0. The molecule has 0 saturated carbocycles. The minimum Gasteiger partial charge on any atom is -0.316 e. The number of halogens is 1. The summed E-state index contributed by atoms with van der Waals surface area (Å²) in [7, 11) is 0. The number of fused-ring (bicyclic) bond motifs is 1. The van der Waals surface area contributed by atoms with E-state index < -0.39 is 0 Å². The molecule has 0 spiro atoms. The van der Waals surface area contributed by atoms with Gasteiger partial charge in [-0.15, -0.1) is 0 Å². The molecule has 0 aromatic heterocycles. The average Bonchev–Trinajstić information content (AvgIpc) is 2.07. The minimum atomic E-state index is -0.0920. The Bertz CT molecular complexity index is 403. The highest BCUT2D eigenvalue weighted by molar-refractivity contribution is 7.80. The van der Waals surface area contributed by atoms with Crippen molar-refractivity contribution in [2.75, 3.05) is 0 Å². The maximum absolute atomic E-state index is 11.1. The van der Waals surface area contributed by atoms with E-state index in [2.05, 4.69) is 5.32 Å². The minimum absolute atomic E-state index is 0.0920. The molecular weight excluding hydrogens is 206 g/mol. The van der Waals surface area contributed by atoms with E-state index in [4.69, 9.17) is 23.8 Å². The lowest BCUT2D eigenvalue weighted by Gasteiger charge is -2.18. The van der Waals surface area contributed by atoms with Gasteiger partial charge in [-0.25, -0.2) is 0 Å². The van der Waals surface area contributed by atoms with Crippen molar-refractivity contribution in [1.82, 2.24) is 5.32 Å². The van der Waals surface area contributed by atoms with Crippen LogP contribution in [0, 0.1) is 0 Å². The van der Waals surface area contributed by atoms with Crippen molar-refractivity contribution >= 4 is 34.7 Å². The highest BCUT2D eigenvalue weighted by Gasteiger charge is 2.20. The first-order valence-electron chi connectivity index (χ1n) is 3.80. The Morgan fingerprint density at radius 2 is 2.23 bits per heavy atom. The number of hydrogen-bond donors (Lipinski definition) is 1. The Balaban J connectivity index is 2.61. The summed E-state index contributed by atoms with van der Waals surface area (Å²) in [5, 5.41) is 3.20. The van der Waals surface area contributed by atoms with Gasteiger partial charge in [0.2, 0.25) is 5.91 Å². The highest BCUT2D eigenvalue weighted by Crippen LogP contribution is 2.23. The maximum atomic E-state index is 11.1. The van der Waals surface area contributed by atoms with Crippen molar-refractivity contribution in [2.24, 2.45) is 0 Å². The first-order chi connectivity index (χ1) is 6.18. The molecule has 66 valence electrons. The van der Waals surface area contributed by atoms with Crippen LogP contribution in [0.4, 0.5) is 0 Å². The summed E-state index contributed by atoms with van der Waals surface area (Å²) < 4.78 is 0. The zero-order chi connectivity index (χ0) is 9.42. The maximum Gasteiger partial charge on any atom is 0.229 e. The van der Waals surface area contributed by atoms with E-state index in [1.807, 2.05) is 12.1 Å². The van der Waals surface area contributed by atoms with E-state index >= 15 is 0 Å². The van der Waals surface area contributed by atoms with Crippen LogP contribution in [0.3, 0.4) is 0 Å². The van der Waals surface area contributed by atoms with Gasteiger partial charge >= 0.3 is 0 Å². The third-order valence-corrected chi connectivity index (χ3v) is 2.63. The van der Waals surface area contributed by atoms with Crippen molar-refractivity contribution in [3.05, 3.63) is 34.3 Å². The second-order valence-corrected chi connectivity index (χ2v) is 3.64. The average molecular weight is 212 g/mol. The third-order valence-electron chi connectivity index (χ3n) is 1.95. The van der Waals surface area contributed by atoms with Gasteiger partial charge in [0.25, 0.3) is 0 Å². The first kappa shape index (κ1) is 8.66. The molecule has 0 bridgehead atoms. The van der Waals surface area contributed by atoms with E-state index in [0.29, 0.717) is 16.4 Å². The Kier molecular flexibility index (Phi) is 2.06. The molecule has 2 nitrogen and oxygen atoms in total. The normalized spacial score (nSPS) is 15.2. The monoisotopic (exact) mass is 211 g/mol. The molecule has 2 rings (SSSR count). The Labute approximate surface area is 85.9 Å². The lowest BCUT2D eigenvalue weighted by atomic mass is 10.0. The molecular formula is C9H6ClNOS. The lowest BCUT2D eigenvalue weighted by Crippen LogP contribution is -2.36. The fourth-order valence-corrected chi connectivity index (χ4v) is 1.90. The molecule has 1 aromatic rings. The van der Waals surface area contributed by atoms with Crippen LogP contribution >= 0.6 is 23.8 Å². The number of amides is 1. The number of hydrogen-bond acceptors (Lipinski definition) is 2. The van der Waals surface area contributed by atoms with Gasteiger partial charge in [-0.1, -0.05) is 36.0 Å². The van der Waals surface area contributed by atoms with Crippen LogP contribution in [0.1, 0.15) is 11.1 Å². The SMILES string of the molecule is O=C1Cc2c(Cl)cccc2C(=S)N1. The number of nitrogens with one attached hydrogen (secondary N) is 1. The molecule has 0 saturated heterocycles. The van der Waals surface area contributed by atoms with Crippen LogP contribution < -0.4 is 5.32 Å². The molecule has 1 amide bonds. The summed E-state index contributed by atoms with van der Waals surface area (Å²) in [5.74, 6) is -0.0920. The zero-order valence-electron chi connectivity index (χ0n) is 6.63. The van der Waals surface area contributed by atoms with Crippen LogP contribution in [-0.2, 0) is 11.2 Å². The molecule has 1 heterocycles. The van der Waals surface area contributed by atoms with Gasteiger partial charge in [-0.3, -0.25) is 4.79 Å². The van der Waals surface area contributed by atoms with E-state index in [0.717, 1.165) is 11.1 Å². The van der Waals surface area contributed by atoms with Crippen LogP contribution in [0.5, 0.6) is 0 Å². The number of carbonyl (C=O) groups excluding carboxylic acids is 1. The third kappa shape index (κ3) is 1.45. The topological polar surface area (TPSA) is 29.1 Å². The van der Waals surface area contributed by atoms with Crippen LogP contribution in [0.15, 0.2) is 18.2 Å². The predicted molar refractivity (Wildman–Crippen MR) is 55.0 cm³/mol. The Morgan fingerprint density at radius 3 is 3.00 bits per heavy atom. The van der Waals surface area contributed by atoms with Crippen LogP contribution in [0.2, 0.25) is 5.02 Å². The van der Waals surface area contributed by atoms with Crippen molar-refractivity contribution in [1.29, 1.82) is 0 Å². The molecule has 0 radical (unpaired) electrons. The number of benzene rings is 1. The Morgan fingerprint density at radius 1 is 1.46 bits per heavy atom. The van der Waals surface area contributed by atoms with E-state index in [1.165, 1.54) is 0 Å². The first-order valence-corrected chi connectivity index (χ1v) is 4.58. The highest BCUT2D eigenvalue weighted by atomic mass is 35.5. The zero-order valence-corrected chi connectivity index (χ0v) is 8.21. The Hall–Kier alpha value is -0.930. The lowest BCUT2D eigenvalue weighted by molar-refractivity contribution is -0.119. The largest absolute Gasteiger partial charge is 0.316 e. The standard InChI is InChI=1S/C9H6ClNOS/c10-7-3-1-2-5-6(7)4-8(12)11-9(5)13/h1-3H,4H2,(H,11,12,13). The van der Waals surface area contributed by atoms with Crippen molar-refractivity contribution in [3.63, 3.8) is 0 Å². The molecule has 0 aliphatic carbocycles. The molecule has 1 aromatic carbocycles. The fraction of sp³-hybridized carbons (Fsp3) is 0.111. The summed E-state index contributed by atoms with van der Waals surface area (Å²) in [4.78, 5) is 11.6. The molecule has 1 N–H and O–H groups in total. The summed E-state index contributed by atoms with van der Waals surface area (Å²) in [5.41, 5.74) is 1.69. The second kappa shape index (κ2) is 3.09. The van der Waals surface area contributed by atoms with Crippen molar-refractivity contribution in [3.8, 4) is 0 Å². The fourth-order valence-electron chi connectivity index (χ4n) is 1.35. The van der Waals surface area contributed by atoms with Gasteiger partial charge in [-0.05, 0) is 11.6 Å². The van der Waals surface area contributed by atoms with E-state index in [9.17, 15) is 4.79 Å². The smallest absolute Gasteiger partial charge is 0.229 e. The van der Waals surface area contributed by atoms with Gasteiger partial charge in [0.15, 0.2) is 0 Å². The van der Waals surface area contributed by atoms with Gasteiger partial charge in [-0.2, -0.15) is 0 Å². The van der Waals surface area contributed by atoms with Crippen LogP contribution in [-0.4, -0.2) is 10.9 Å². The predicted octanol–water partition coefficient (Wildman–Crippen LogP) is 1.69. The van der Waals surface area contributed by atoms with Crippen molar-refractivity contribution in [2.45, 2.75) is 6.42 Å². The van der Waals surface area contributed by atoms with Gasteiger partial charge in [0.1, 0.15) is 4.99 Å². The summed E-state index contributed by atoms with van der Waals surface area (Å²) in [6.07, 6.45) is 0.315. The molecule has 1 aliphatic rings. The number of rotatable bonds is 0. The summed E-state index contributed by atoms with van der Waals surface area (Å²) in [6, 6.07) is 5.45. The number of carbonyl (C=O) groups is 1. The van der Waals surface area contributed by atoms with Gasteiger partial charge < -0.3 is 5.32 Å². The van der Waals surface area contributed by atoms with Crippen molar-refractivity contribution < 1.29 is 4.79 Å². The number of thiocarbonyl (C=S) groups is 1. The van der Waals surface area contributed by atoms with Gasteiger partial charge in [0, 0.05) is 10.6 Å². The molecule has 0 unspecified atom stereocenters. The summed E-state index contributed by atoms with van der Waals surface area (Å²) >= 11 is 10.9. The van der Waals surface area contributed by atoms with E-state index in [1.54, 1.807) is 6.07 Å². The second-order valence-electron chi connectivity index (χ2n) is 2.82. The quantitative estimate of drug-likeness (QED) is 0.662.